The van der Waals surface area contributed by atoms with Crippen LogP contribution in [0.4, 0.5) is 5.82 Å². The molecule has 0 bridgehead atoms. The third-order valence-corrected chi connectivity index (χ3v) is 3.47. The molecule has 0 radical (unpaired) electrons. The maximum atomic E-state index is 11.8. The van der Waals surface area contributed by atoms with E-state index in [9.17, 15) is 4.79 Å². The number of aromatic nitrogens is 1. The van der Waals surface area contributed by atoms with Crippen molar-refractivity contribution in [1.29, 1.82) is 0 Å². The summed E-state index contributed by atoms with van der Waals surface area (Å²) in [4.78, 5) is 18.5. The van der Waals surface area contributed by atoms with E-state index >= 15 is 0 Å². The number of anilines is 1. The molecule has 116 valence electrons. The molecule has 5 heteroatoms. The van der Waals surface area contributed by atoms with E-state index in [2.05, 4.69) is 15.2 Å². The minimum absolute atomic E-state index is 0.0267. The maximum absolute atomic E-state index is 11.8. The Morgan fingerprint density at radius 3 is 2.67 bits per heavy atom. The van der Waals surface area contributed by atoms with Gasteiger partial charge in [0, 0.05) is 25.3 Å². The predicted octanol–water partition coefficient (Wildman–Crippen LogP) is 1.98. The fraction of sp³-hybridized carbons (Fsp3) is 0.625. The van der Waals surface area contributed by atoms with Crippen LogP contribution >= 0.6 is 0 Å². The molecule has 2 heterocycles. The number of nitrogens with zero attached hydrogens (tertiary/aromatic N) is 2. The van der Waals surface area contributed by atoms with Crippen molar-refractivity contribution in [3.05, 3.63) is 24.4 Å². The number of carbonyl (C=O) groups is 1. The smallest absolute Gasteiger partial charge is 0.246 e. The second-order valence-electron chi connectivity index (χ2n) is 6.42. The van der Waals surface area contributed by atoms with Crippen LogP contribution in [-0.4, -0.2) is 42.2 Å². The molecule has 1 amide bonds. The Balaban J connectivity index is 1.73. The molecule has 1 aliphatic rings. The Bertz CT molecular complexity index is 448. The van der Waals surface area contributed by atoms with Crippen LogP contribution in [0.5, 0.6) is 0 Å². The van der Waals surface area contributed by atoms with Gasteiger partial charge in [-0.2, -0.15) is 0 Å². The molecular formula is C16H25N3O2. The van der Waals surface area contributed by atoms with E-state index in [1.807, 2.05) is 45.2 Å². The molecule has 0 atom stereocenters. The Hall–Kier alpha value is -1.62. The molecule has 0 unspecified atom stereocenters. The van der Waals surface area contributed by atoms with Gasteiger partial charge in [-0.25, -0.2) is 4.98 Å². The van der Waals surface area contributed by atoms with Crippen LogP contribution in [-0.2, 0) is 9.53 Å². The second-order valence-corrected chi connectivity index (χ2v) is 6.42. The number of rotatable bonds is 4. The van der Waals surface area contributed by atoms with Gasteiger partial charge in [-0.05, 0) is 45.7 Å². The second kappa shape index (κ2) is 6.89. The van der Waals surface area contributed by atoms with Gasteiger partial charge in [0.1, 0.15) is 12.4 Å². The summed E-state index contributed by atoms with van der Waals surface area (Å²) in [7, 11) is 0. The number of hydrogen-bond donors (Lipinski definition) is 1. The normalized spacial score (nSPS) is 16.8. The molecule has 1 N–H and O–H groups in total. The molecule has 21 heavy (non-hydrogen) atoms. The van der Waals surface area contributed by atoms with Gasteiger partial charge in [0.15, 0.2) is 0 Å². The fourth-order valence-electron chi connectivity index (χ4n) is 2.35. The Morgan fingerprint density at radius 2 is 2.10 bits per heavy atom. The van der Waals surface area contributed by atoms with E-state index < -0.39 is 0 Å². The number of carbonyl (C=O) groups excluding carboxylic acids is 1. The van der Waals surface area contributed by atoms with Crippen LogP contribution in [0, 0.1) is 0 Å². The van der Waals surface area contributed by atoms with Gasteiger partial charge < -0.3 is 15.0 Å². The van der Waals surface area contributed by atoms with Gasteiger partial charge in [-0.15, -0.1) is 0 Å². The highest BCUT2D eigenvalue weighted by Crippen LogP contribution is 2.17. The highest BCUT2D eigenvalue weighted by molar-refractivity contribution is 5.77. The summed E-state index contributed by atoms with van der Waals surface area (Å²) in [6.07, 6.45) is 3.70. The van der Waals surface area contributed by atoms with E-state index in [1.54, 1.807) is 0 Å². The van der Waals surface area contributed by atoms with Crippen LogP contribution < -0.4 is 10.2 Å². The van der Waals surface area contributed by atoms with Gasteiger partial charge in [0.2, 0.25) is 5.91 Å². The molecule has 1 aliphatic heterocycles. The van der Waals surface area contributed by atoms with Crippen LogP contribution in [0.2, 0.25) is 0 Å². The largest absolute Gasteiger partial charge is 0.366 e. The molecule has 1 saturated heterocycles. The molecule has 1 fully saturated rings. The number of amides is 1. The Morgan fingerprint density at radius 1 is 1.38 bits per heavy atom. The zero-order valence-electron chi connectivity index (χ0n) is 13.1. The lowest BCUT2D eigenvalue weighted by Crippen LogP contribution is -2.46. The number of nitrogens with one attached hydrogen (secondary N) is 1. The lowest BCUT2D eigenvalue weighted by atomic mass is 10.1. The third-order valence-electron chi connectivity index (χ3n) is 3.47. The van der Waals surface area contributed by atoms with Crippen molar-refractivity contribution in [1.82, 2.24) is 10.3 Å². The average Bonchev–Trinajstić information content (AvgIpc) is 2.46. The van der Waals surface area contributed by atoms with Crippen molar-refractivity contribution in [2.75, 3.05) is 24.6 Å². The SMILES string of the molecule is CC(C)(C)OCC(=O)NC1CCN(c2ccccn2)CC1. The summed E-state index contributed by atoms with van der Waals surface area (Å²) >= 11 is 0. The standard InChI is InChI=1S/C16H25N3O2/c1-16(2,3)21-12-15(20)18-13-7-10-19(11-8-13)14-6-4-5-9-17-14/h4-6,9,13H,7-8,10-12H2,1-3H3,(H,18,20). The molecule has 0 aromatic carbocycles. The van der Waals surface area contributed by atoms with E-state index in [1.165, 1.54) is 0 Å². The van der Waals surface area contributed by atoms with E-state index in [0.29, 0.717) is 0 Å². The van der Waals surface area contributed by atoms with Crippen LogP contribution in [0.15, 0.2) is 24.4 Å². The molecule has 0 saturated carbocycles. The first-order chi connectivity index (χ1) is 9.94. The summed E-state index contributed by atoms with van der Waals surface area (Å²) in [6.45, 7) is 7.82. The van der Waals surface area contributed by atoms with Gasteiger partial charge in [0.05, 0.1) is 5.60 Å². The molecule has 0 spiro atoms. The van der Waals surface area contributed by atoms with Gasteiger partial charge in [0.25, 0.3) is 0 Å². The van der Waals surface area contributed by atoms with Gasteiger partial charge in [-0.3, -0.25) is 4.79 Å². The highest BCUT2D eigenvalue weighted by Gasteiger charge is 2.22. The molecule has 1 aromatic heterocycles. The third kappa shape index (κ3) is 5.34. The van der Waals surface area contributed by atoms with Crippen LogP contribution in [0.25, 0.3) is 0 Å². The van der Waals surface area contributed by atoms with Crippen molar-refractivity contribution in [3.63, 3.8) is 0 Å². The van der Waals surface area contributed by atoms with Gasteiger partial charge in [-0.1, -0.05) is 6.07 Å². The summed E-state index contributed by atoms with van der Waals surface area (Å²) in [6, 6.07) is 6.18. The van der Waals surface area contributed by atoms with Crippen molar-refractivity contribution < 1.29 is 9.53 Å². The summed E-state index contributed by atoms with van der Waals surface area (Å²) in [5.41, 5.74) is -0.278. The molecular weight excluding hydrogens is 266 g/mol. The Labute approximate surface area is 126 Å². The lowest BCUT2D eigenvalue weighted by molar-refractivity contribution is -0.131. The molecule has 2 rings (SSSR count). The predicted molar refractivity (Wildman–Crippen MR) is 83.3 cm³/mol. The van der Waals surface area contributed by atoms with Crippen molar-refractivity contribution >= 4 is 11.7 Å². The first kappa shape index (κ1) is 15.8. The number of hydrogen-bond acceptors (Lipinski definition) is 4. The zero-order valence-corrected chi connectivity index (χ0v) is 13.1. The first-order valence-corrected chi connectivity index (χ1v) is 7.53. The van der Waals surface area contributed by atoms with Crippen molar-refractivity contribution in [2.45, 2.75) is 45.3 Å². The first-order valence-electron chi connectivity index (χ1n) is 7.53. The quantitative estimate of drug-likeness (QED) is 0.921. The van der Waals surface area contributed by atoms with Crippen LogP contribution in [0.1, 0.15) is 33.6 Å². The summed E-state index contributed by atoms with van der Waals surface area (Å²) in [5.74, 6) is 0.986. The van der Waals surface area contributed by atoms with Crippen molar-refractivity contribution in [2.24, 2.45) is 0 Å². The summed E-state index contributed by atoms with van der Waals surface area (Å²) in [5, 5.41) is 3.05. The minimum atomic E-state index is -0.278. The number of piperidine rings is 1. The maximum Gasteiger partial charge on any atom is 0.246 e. The zero-order chi connectivity index (χ0) is 15.3. The number of pyridine rings is 1. The fourth-order valence-corrected chi connectivity index (χ4v) is 2.35. The Kier molecular flexibility index (Phi) is 5.17. The molecule has 0 aliphatic carbocycles. The van der Waals surface area contributed by atoms with E-state index in [0.717, 1.165) is 31.7 Å². The van der Waals surface area contributed by atoms with Crippen LogP contribution in [0.3, 0.4) is 0 Å². The minimum Gasteiger partial charge on any atom is -0.366 e. The topological polar surface area (TPSA) is 54.5 Å². The monoisotopic (exact) mass is 291 g/mol. The number of ether oxygens (including phenoxy) is 1. The van der Waals surface area contributed by atoms with E-state index in [4.69, 9.17) is 4.74 Å². The van der Waals surface area contributed by atoms with E-state index in [-0.39, 0.29) is 24.2 Å². The highest BCUT2D eigenvalue weighted by atomic mass is 16.5. The van der Waals surface area contributed by atoms with Crippen molar-refractivity contribution in [3.8, 4) is 0 Å². The average molecular weight is 291 g/mol. The molecule has 1 aromatic rings. The lowest BCUT2D eigenvalue weighted by Gasteiger charge is -2.33. The summed E-state index contributed by atoms with van der Waals surface area (Å²) < 4.78 is 5.49. The van der Waals surface area contributed by atoms with Gasteiger partial charge >= 0.3 is 0 Å². The molecule has 5 nitrogen and oxygen atoms in total.